The SMILES string of the molecule is C[Si](C)(C)SC(=O)c1ccccc1. The molecule has 0 fully saturated rings. The second-order valence-electron chi connectivity index (χ2n) is 3.87. The van der Waals surface area contributed by atoms with Crippen LogP contribution in [0.25, 0.3) is 0 Å². The van der Waals surface area contributed by atoms with Crippen molar-refractivity contribution in [2.45, 2.75) is 19.6 Å². The molecule has 1 aromatic carbocycles. The van der Waals surface area contributed by atoms with Crippen LogP contribution in [0.3, 0.4) is 0 Å². The van der Waals surface area contributed by atoms with E-state index in [1.165, 1.54) is 11.2 Å². The highest BCUT2D eigenvalue weighted by molar-refractivity contribution is 8.39. The third kappa shape index (κ3) is 3.78. The largest absolute Gasteiger partial charge is 0.282 e. The van der Waals surface area contributed by atoms with Crippen molar-refractivity contribution in [3.8, 4) is 0 Å². The first kappa shape index (κ1) is 10.5. The fourth-order valence-corrected chi connectivity index (χ4v) is 3.74. The van der Waals surface area contributed by atoms with Crippen LogP contribution in [-0.4, -0.2) is 12.3 Å². The molecule has 0 saturated carbocycles. The Morgan fingerprint density at radius 3 is 2.15 bits per heavy atom. The van der Waals surface area contributed by atoms with Gasteiger partial charge >= 0.3 is 0 Å². The zero-order valence-electron chi connectivity index (χ0n) is 8.20. The summed E-state index contributed by atoms with van der Waals surface area (Å²) in [6.07, 6.45) is 0. The Bertz CT molecular complexity index is 290. The average molecular weight is 210 g/mol. The molecule has 0 amide bonds. The van der Waals surface area contributed by atoms with Crippen molar-refractivity contribution < 1.29 is 4.79 Å². The van der Waals surface area contributed by atoms with Crippen LogP contribution in [0.1, 0.15) is 10.4 Å². The zero-order valence-corrected chi connectivity index (χ0v) is 10.0. The predicted molar refractivity (Wildman–Crippen MR) is 61.7 cm³/mol. The fourth-order valence-electron chi connectivity index (χ4n) is 0.911. The first-order valence-corrected chi connectivity index (χ1v) is 9.31. The maximum absolute atomic E-state index is 11.7. The molecule has 1 rings (SSSR count). The molecule has 70 valence electrons. The second kappa shape index (κ2) is 4.11. The summed E-state index contributed by atoms with van der Waals surface area (Å²) in [6, 6.07) is 9.47. The van der Waals surface area contributed by atoms with Gasteiger partial charge in [0.2, 0.25) is 5.12 Å². The van der Waals surface area contributed by atoms with Gasteiger partial charge in [0.25, 0.3) is 0 Å². The van der Waals surface area contributed by atoms with Crippen molar-refractivity contribution in [1.82, 2.24) is 0 Å². The van der Waals surface area contributed by atoms with Crippen LogP contribution in [0.15, 0.2) is 30.3 Å². The van der Waals surface area contributed by atoms with E-state index in [-0.39, 0.29) is 5.12 Å². The van der Waals surface area contributed by atoms with E-state index in [1.807, 2.05) is 30.3 Å². The number of hydrogen-bond acceptors (Lipinski definition) is 2. The van der Waals surface area contributed by atoms with Gasteiger partial charge in [0.1, 0.15) is 7.22 Å². The molecule has 13 heavy (non-hydrogen) atoms. The summed E-state index contributed by atoms with van der Waals surface area (Å²) in [5.74, 6) is 0. The van der Waals surface area contributed by atoms with Gasteiger partial charge < -0.3 is 0 Å². The molecular weight excluding hydrogens is 196 g/mol. The molecule has 1 aromatic rings. The Kier molecular flexibility index (Phi) is 3.33. The first-order valence-electron chi connectivity index (χ1n) is 4.27. The van der Waals surface area contributed by atoms with E-state index < -0.39 is 7.22 Å². The van der Waals surface area contributed by atoms with Crippen LogP contribution < -0.4 is 0 Å². The van der Waals surface area contributed by atoms with Crippen molar-refractivity contribution >= 4 is 23.5 Å². The lowest BCUT2D eigenvalue weighted by Crippen LogP contribution is -2.17. The van der Waals surface area contributed by atoms with E-state index in [0.717, 1.165) is 5.56 Å². The van der Waals surface area contributed by atoms with Crippen LogP contribution in [-0.2, 0) is 0 Å². The van der Waals surface area contributed by atoms with Gasteiger partial charge in [-0.1, -0.05) is 50.0 Å². The zero-order chi connectivity index (χ0) is 9.90. The van der Waals surface area contributed by atoms with Crippen LogP contribution in [0.4, 0.5) is 0 Å². The molecule has 0 aliphatic heterocycles. The summed E-state index contributed by atoms with van der Waals surface area (Å²) >= 11 is 1.51. The second-order valence-corrected chi connectivity index (χ2v) is 13.0. The highest BCUT2D eigenvalue weighted by Gasteiger charge is 2.19. The van der Waals surface area contributed by atoms with E-state index >= 15 is 0 Å². The van der Waals surface area contributed by atoms with E-state index in [0.29, 0.717) is 0 Å². The maximum Gasteiger partial charge on any atom is 0.213 e. The van der Waals surface area contributed by atoms with Gasteiger partial charge in [-0.3, -0.25) is 4.79 Å². The summed E-state index contributed by atoms with van der Waals surface area (Å²) in [4.78, 5) is 11.7. The number of rotatable bonds is 2. The molecule has 0 atom stereocenters. The molecule has 0 saturated heterocycles. The molecule has 3 heteroatoms. The minimum absolute atomic E-state index is 0.208. The Hall–Kier alpha value is -0.543. The topological polar surface area (TPSA) is 17.1 Å². The van der Waals surface area contributed by atoms with Crippen molar-refractivity contribution in [2.75, 3.05) is 0 Å². The van der Waals surface area contributed by atoms with Gasteiger partial charge in [0, 0.05) is 5.56 Å². The van der Waals surface area contributed by atoms with Crippen LogP contribution in [0, 0.1) is 0 Å². The quantitative estimate of drug-likeness (QED) is 0.696. The van der Waals surface area contributed by atoms with E-state index in [4.69, 9.17) is 0 Å². The van der Waals surface area contributed by atoms with Crippen LogP contribution >= 0.6 is 11.2 Å². The molecule has 0 aliphatic rings. The van der Waals surface area contributed by atoms with E-state index in [2.05, 4.69) is 19.6 Å². The van der Waals surface area contributed by atoms with E-state index in [9.17, 15) is 4.79 Å². The molecule has 0 N–H and O–H groups in total. The number of carbonyl (C=O) groups is 1. The highest BCUT2D eigenvalue weighted by Crippen LogP contribution is 2.23. The van der Waals surface area contributed by atoms with Gasteiger partial charge in [-0.2, -0.15) is 0 Å². The van der Waals surface area contributed by atoms with Gasteiger partial charge in [-0.05, 0) is 0 Å². The molecule has 0 heterocycles. The lowest BCUT2D eigenvalue weighted by atomic mass is 10.2. The Balaban J connectivity index is 2.71. The normalized spacial score (nSPS) is 11.3. The summed E-state index contributed by atoms with van der Waals surface area (Å²) in [5, 5.41) is 0.208. The van der Waals surface area contributed by atoms with Crippen molar-refractivity contribution in [3.05, 3.63) is 35.9 Å². The summed E-state index contributed by atoms with van der Waals surface area (Å²) in [7, 11) is -1.34. The molecule has 0 bridgehead atoms. The van der Waals surface area contributed by atoms with Crippen molar-refractivity contribution in [2.24, 2.45) is 0 Å². The predicted octanol–water partition coefficient (Wildman–Crippen LogP) is 3.39. The molecular formula is C10H14OSSi. The molecule has 0 radical (unpaired) electrons. The summed E-state index contributed by atoms with van der Waals surface area (Å²) in [5.41, 5.74) is 0.815. The van der Waals surface area contributed by atoms with Crippen LogP contribution in [0.2, 0.25) is 19.6 Å². The third-order valence-corrected chi connectivity index (χ3v) is 4.84. The standard InChI is InChI=1S/C10H14OSSi/c1-13(2,3)12-10(11)9-7-5-4-6-8-9/h4-8H,1-3H3. The van der Waals surface area contributed by atoms with Crippen molar-refractivity contribution in [1.29, 1.82) is 0 Å². The summed E-state index contributed by atoms with van der Waals surface area (Å²) in [6.45, 7) is 6.54. The monoisotopic (exact) mass is 210 g/mol. The number of hydrogen-bond donors (Lipinski definition) is 0. The molecule has 0 unspecified atom stereocenters. The minimum atomic E-state index is -1.34. The minimum Gasteiger partial charge on any atom is -0.282 e. The first-order chi connectivity index (χ1) is 5.99. The molecule has 0 aromatic heterocycles. The third-order valence-electron chi connectivity index (χ3n) is 1.41. The van der Waals surface area contributed by atoms with Crippen LogP contribution in [0.5, 0.6) is 0 Å². The smallest absolute Gasteiger partial charge is 0.213 e. The molecule has 0 spiro atoms. The number of carbonyl (C=O) groups excluding carboxylic acids is 1. The molecule has 1 nitrogen and oxygen atoms in total. The maximum atomic E-state index is 11.7. The van der Waals surface area contributed by atoms with E-state index in [1.54, 1.807) is 0 Å². The Labute approximate surface area is 84.2 Å². The average Bonchev–Trinajstić information content (AvgIpc) is 2.03. The summed E-state index contributed by atoms with van der Waals surface area (Å²) < 4.78 is 0. The number of benzene rings is 1. The Morgan fingerprint density at radius 2 is 1.69 bits per heavy atom. The van der Waals surface area contributed by atoms with Gasteiger partial charge in [-0.15, -0.1) is 11.2 Å². The fraction of sp³-hybridized carbons (Fsp3) is 0.300. The van der Waals surface area contributed by atoms with Gasteiger partial charge in [-0.25, -0.2) is 0 Å². The lowest BCUT2D eigenvalue weighted by Gasteiger charge is -2.13. The van der Waals surface area contributed by atoms with Crippen molar-refractivity contribution in [3.63, 3.8) is 0 Å². The lowest BCUT2D eigenvalue weighted by molar-refractivity contribution is 0.109. The highest BCUT2D eigenvalue weighted by atomic mass is 32.4. The Morgan fingerprint density at radius 1 is 1.15 bits per heavy atom. The molecule has 0 aliphatic carbocycles. The van der Waals surface area contributed by atoms with Gasteiger partial charge in [0.15, 0.2) is 0 Å². The van der Waals surface area contributed by atoms with Gasteiger partial charge in [0.05, 0.1) is 0 Å².